The van der Waals surface area contributed by atoms with E-state index < -0.39 is 12.0 Å². The highest BCUT2D eigenvalue weighted by Gasteiger charge is 2.26. The maximum absolute atomic E-state index is 12.2. The van der Waals surface area contributed by atoms with Gasteiger partial charge >= 0.3 is 5.97 Å². The molecule has 4 aromatic rings. The van der Waals surface area contributed by atoms with Crippen molar-refractivity contribution in [2.24, 2.45) is 0 Å². The molecule has 32 heavy (non-hydrogen) atoms. The molecular weight excluding hydrogens is 428 g/mol. The van der Waals surface area contributed by atoms with Gasteiger partial charge in [0.2, 0.25) is 0 Å². The maximum Gasteiger partial charge on any atom is 0.320 e. The topological polar surface area (TPSA) is 132 Å². The number of nitrogens with zero attached hydrogens (tertiary/aromatic N) is 5. The summed E-state index contributed by atoms with van der Waals surface area (Å²) in [7, 11) is 0. The fourth-order valence-corrected chi connectivity index (χ4v) is 3.93. The van der Waals surface area contributed by atoms with Crippen LogP contribution in [0.2, 0.25) is 0 Å². The first kappa shape index (κ1) is 21.7. The third kappa shape index (κ3) is 5.18. The van der Waals surface area contributed by atoms with Crippen LogP contribution >= 0.6 is 12.2 Å². The van der Waals surface area contributed by atoms with Crippen LogP contribution < -0.4 is 0 Å². The first-order valence-corrected chi connectivity index (χ1v) is 10.6. The number of hydrogen-bond acceptors (Lipinski definition) is 6. The molecule has 0 saturated heterocycles. The Hall–Kier alpha value is -3.57. The molecule has 0 radical (unpaired) electrons. The van der Waals surface area contributed by atoms with Gasteiger partial charge in [0.1, 0.15) is 6.04 Å². The Kier molecular flexibility index (Phi) is 6.87. The second kappa shape index (κ2) is 10.2. The molecule has 3 aromatic heterocycles. The highest BCUT2D eigenvalue weighted by molar-refractivity contribution is 7.71. The first-order chi connectivity index (χ1) is 15.6. The molecule has 0 saturated carbocycles. The molecular formula is C21H24N8O2S. The SMILES string of the molecule is O=C(O)[C@H](CCCn1c(-c2ccccc2)n[nH]c1=S)N(Cc1cn[nH]c1)Cc1cnc[nH]1. The van der Waals surface area contributed by atoms with Crippen LogP contribution in [0.15, 0.2) is 55.2 Å². The van der Waals surface area contributed by atoms with Crippen molar-refractivity contribution in [1.29, 1.82) is 0 Å². The molecule has 0 fully saturated rings. The number of rotatable bonds is 11. The second-order valence-electron chi connectivity index (χ2n) is 7.45. The summed E-state index contributed by atoms with van der Waals surface area (Å²) in [6.07, 6.45) is 7.84. The van der Waals surface area contributed by atoms with Gasteiger partial charge in [-0.2, -0.15) is 10.2 Å². The third-order valence-corrected chi connectivity index (χ3v) is 5.56. The Morgan fingerprint density at radius 3 is 2.75 bits per heavy atom. The van der Waals surface area contributed by atoms with Crippen molar-refractivity contribution < 1.29 is 9.90 Å². The van der Waals surface area contributed by atoms with Crippen LogP contribution in [-0.4, -0.2) is 56.9 Å². The first-order valence-electron chi connectivity index (χ1n) is 10.2. The predicted octanol–water partition coefficient (Wildman–Crippen LogP) is 2.99. The van der Waals surface area contributed by atoms with Gasteiger partial charge < -0.3 is 14.7 Å². The van der Waals surface area contributed by atoms with Gasteiger partial charge in [-0.05, 0) is 25.1 Å². The Balaban J connectivity index is 1.48. The van der Waals surface area contributed by atoms with Gasteiger partial charge in [0.25, 0.3) is 0 Å². The van der Waals surface area contributed by atoms with E-state index in [1.807, 2.05) is 39.8 Å². The molecule has 10 nitrogen and oxygen atoms in total. The van der Waals surface area contributed by atoms with Crippen molar-refractivity contribution in [3.05, 3.63) is 71.3 Å². The summed E-state index contributed by atoms with van der Waals surface area (Å²) in [4.78, 5) is 21.2. The molecule has 0 aliphatic rings. The van der Waals surface area contributed by atoms with Gasteiger partial charge in [-0.1, -0.05) is 30.3 Å². The average Bonchev–Trinajstić information content (AvgIpc) is 3.55. The van der Waals surface area contributed by atoms with Crippen molar-refractivity contribution in [3.63, 3.8) is 0 Å². The Bertz CT molecular complexity index is 1130. The van der Waals surface area contributed by atoms with Crippen molar-refractivity contribution in [3.8, 4) is 11.4 Å². The lowest BCUT2D eigenvalue weighted by Crippen LogP contribution is -2.40. The molecule has 4 N–H and O–H groups in total. The quantitative estimate of drug-likeness (QED) is 0.257. The van der Waals surface area contributed by atoms with Gasteiger partial charge in [-0.25, -0.2) is 4.98 Å². The lowest BCUT2D eigenvalue weighted by atomic mass is 10.1. The van der Waals surface area contributed by atoms with E-state index in [-0.39, 0.29) is 0 Å². The maximum atomic E-state index is 12.2. The van der Waals surface area contributed by atoms with Crippen molar-refractivity contribution in [1.82, 2.24) is 39.8 Å². The molecule has 4 rings (SSSR count). The number of aliphatic carboxylic acids is 1. The normalized spacial score (nSPS) is 12.3. The molecule has 3 heterocycles. The van der Waals surface area contributed by atoms with Gasteiger partial charge in [0, 0.05) is 48.8 Å². The minimum Gasteiger partial charge on any atom is -0.480 e. The molecule has 0 bridgehead atoms. The summed E-state index contributed by atoms with van der Waals surface area (Å²) in [5.41, 5.74) is 2.72. The number of carbonyl (C=O) groups is 1. The Morgan fingerprint density at radius 2 is 2.06 bits per heavy atom. The predicted molar refractivity (Wildman–Crippen MR) is 120 cm³/mol. The zero-order valence-corrected chi connectivity index (χ0v) is 18.1. The molecule has 166 valence electrons. The van der Waals surface area contributed by atoms with Crippen LogP contribution in [0, 0.1) is 4.77 Å². The van der Waals surface area contributed by atoms with E-state index in [0.29, 0.717) is 37.2 Å². The van der Waals surface area contributed by atoms with E-state index in [4.69, 9.17) is 12.2 Å². The second-order valence-corrected chi connectivity index (χ2v) is 7.84. The average molecular weight is 453 g/mol. The van der Waals surface area contributed by atoms with Crippen LogP contribution in [-0.2, 0) is 24.4 Å². The summed E-state index contributed by atoms with van der Waals surface area (Å²) >= 11 is 5.41. The molecule has 1 atom stereocenters. The number of aromatic nitrogens is 7. The monoisotopic (exact) mass is 452 g/mol. The zero-order chi connectivity index (χ0) is 22.3. The minimum absolute atomic E-state index is 0.433. The number of carboxylic acids is 1. The summed E-state index contributed by atoms with van der Waals surface area (Å²) in [5, 5.41) is 24.0. The van der Waals surface area contributed by atoms with E-state index in [1.54, 1.807) is 24.9 Å². The number of imidazole rings is 1. The summed E-state index contributed by atoms with van der Waals surface area (Å²) in [6.45, 7) is 1.45. The molecule has 0 aliphatic heterocycles. The molecule has 1 aromatic carbocycles. The largest absolute Gasteiger partial charge is 0.480 e. The number of aromatic amines is 3. The number of carboxylic acid groups (broad SMARTS) is 1. The third-order valence-electron chi connectivity index (χ3n) is 5.24. The summed E-state index contributed by atoms with van der Waals surface area (Å²) in [6, 6.07) is 9.09. The highest BCUT2D eigenvalue weighted by atomic mass is 32.1. The van der Waals surface area contributed by atoms with Gasteiger partial charge in [0.15, 0.2) is 10.6 Å². The van der Waals surface area contributed by atoms with Crippen LogP contribution in [0.25, 0.3) is 11.4 Å². The fraction of sp³-hybridized carbons (Fsp3) is 0.286. The van der Waals surface area contributed by atoms with Gasteiger partial charge in [0.05, 0.1) is 12.5 Å². The van der Waals surface area contributed by atoms with E-state index in [1.165, 1.54) is 0 Å². The molecule has 0 aliphatic carbocycles. The molecule has 0 amide bonds. The van der Waals surface area contributed by atoms with Crippen molar-refractivity contribution in [2.75, 3.05) is 0 Å². The zero-order valence-electron chi connectivity index (χ0n) is 17.3. The van der Waals surface area contributed by atoms with Crippen molar-refractivity contribution >= 4 is 18.2 Å². The summed E-state index contributed by atoms with van der Waals surface area (Å²) < 4.78 is 2.43. The lowest BCUT2D eigenvalue weighted by Gasteiger charge is -2.28. The van der Waals surface area contributed by atoms with Crippen LogP contribution in [0.1, 0.15) is 24.1 Å². The Morgan fingerprint density at radius 1 is 1.22 bits per heavy atom. The standard InChI is InChI=1S/C21H24N8O2S/c30-20(31)18(28(12-15-9-24-25-10-15)13-17-11-22-14-23-17)7-4-8-29-19(26-27-21(29)32)16-5-2-1-3-6-16/h1-3,5-6,9-11,14,18H,4,7-8,12-13H2,(H,22,23)(H,24,25)(H,27,32)(H,30,31)/t18-/m0/s1. The Labute approximate surface area is 189 Å². The summed E-state index contributed by atoms with van der Waals surface area (Å²) in [5.74, 6) is -0.123. The fourth-order valence-electron chi connectivity index (χ4n) is 3.70. The smallest absolute Gasteiger partial charge is 0.320 e. The van der Waals surface area contributed by atoms with Gasteiger partial charge in [-0.3, -0.25) is 19.9 Å². The number of benzene rings is 1. The van der Waals surface area contributed by atoms with E-state index in [9.17, 15) is 9.90 Å². The molecule has 0 spiro atoms. The van der Waals surface area contributed by atoms with E-state index >= 15 is 0 Å². The minimum atomic E-state index is -0.868. The van der Waals surface area contributed by atoms with Crippen LogP contribution in [0.5, 0.6) is 0 Å². The van der Waals surface area contributed by atoms with E-state index in [2.05, 4.69) is 30.4 Å². The van der Waals surface area contributed by atoms with Crippen LogP contribution in [0.3, 0.4) is 0 Å². The molecule has 0 unspecified atom stereocenters. The van der Waals surface area contributed by atoms with E-state index in [0.717, 1.165) is 22.6 Å². The number of nitrogens with one attached hydrogen (secondary N) is 3. The lowest BCUT2D eigenvalue weighted by molar-refractivity contribution is -0.144. The van der Waals surface area contributed by atoms with Crippen molar-refractivity contribution in [2.45, 2.75) is 38.5 Å². The number of hydrogen-bond donors (Lipinski definition) is 4. The van der Waals surface area contributed by atoms with Crippen LogP contribution in [0.4, 0.5) is 0 Å². The van der Waals surface area contributed by atoms with Gasteiger partial charge in [-0.15, -0.1) is 0 Å². The molecule has 11 heteroatoms. The highest BCUT2D eigenvalue weighted by Crippen LogP contribution is 2.20. The number of H-pyrrole nitrogens is 3.